The number of hydrogen-bond donors (Lipinski definition) is 13. The summed E-state index contributed by atoms with van der Waals surface area (Å²) < 4.78 is 6.32. The van der Waals surface area contributed by atoms with E-state index in [0.29, 0.717) is 11.1 Å². The molecule has 2 aliphatic heterocycles. The van der Waals surface area contributed by atoms with Gasteiger partial charge in [-0.1, -0.05) is 78.9 Å². The number of aromatic nitrogens is 1. The number of fused-ring (bicyclic) bond motifs is 2. The number of H-pyrrole nitrogens is 1. The van der Waals surface area contributed by atoms with Crippen LogP contribution in [0.15, 0.2) is 101 Å². The van der Waals surface area contributed by atoms with E-state index >= 15 is 9.59 Å². The van der Waals surface area contributed by atoms with E-state index in [9.17, 15) is 33.6 Å². The molecule has 0 radical (unpaired) electrons. The summed E-state index contributed by atoms with van der Waals surface area (Å²) in [5, 5.41) is 19.9. The van der Waals surface area contributed by atoms with Gasteiger partial charge in [-0.15, -0.1) is 0 Å². The van der Waals surface area contributed by atoms with E-state index in [2.05, 4.69) is 52.2 Å². The number of carbonyl (C=O) groups is 9. The lowest BCUT2D eigenvalue weighted by atomic mass is 10.0. The van der Waals surface area contributed by atoms with Crippen LogP contribution in [0.3, 0.4) is 0 Å². The average Bonchev–Trinajstić information content (AvgIpc) is 4.08. The zero-order valence-corrected chi connectivity index (χ0v) is 45.9. The van der Waals surface area contributed by atoms with Gasteiger partial charge in [-0.05, 0) is 67.7 Å². The predicted octanol–water partition coefficient (Wildman–Crippen LogP) is -1.65. The Balaban J connectivity index is 1.39. The van der Waals surface area contributed by atoms with Crippen LogP contribution in [0.2, 0.25) is 0 Å². The lowest BCUT2D eigenvalue weighted by Gasteiger charge is -2.30. The van der Waals surface area contributed by atoms with Crippen LogP contribution in [0, 0.1) is 0 Å². The molecule has 2 aliphatic rings. The third kappa shape index (κ3) is 19.3. The second-order valence-corrected chi connectivity index (χ2v) is 20.3. The van der Waals surface area contributed by atoms with Crippen LogP contribution in [0.4, 0.5) is 0 Å². The van der Waals surface area contributed by atoms with Crippen LogP contribution in [-0.2, 0) is 67.3 Å². The van der Waals surface area contributed by atoms with E-state index in [1.165, 1.54) is 11.8 Å². The lowest BCUT2D eigenvalue weighted by Crippen LogP contribution is -2.60. The molecule has 4 aromatic rings. The molecule has 2 saturated heterocycles. The van der Waals surface area contributed by atoms with Gasteiger partial charge in [0.1, 0.15) is 42.3 Å². The third-order valence-electron chi connectivity index (χ3n) is 13.9. The summed E-state index contributed by atoms with van der Waals surface area (Å²) in [4.78, 5) is 140. The first kappa shape index (κ1) is 62.1. The van der Waals surface area contributed by atoms with Gasteiger partial charge in [0.2, 0.25) is 53.2 Å². The van der Waals surface area contributed by atoms with E-state index in [4.69, 9.17) is 33.4 Å². The quantitative estimate of drug-likeness (QED) is 0.0285. The predicted molar refractivity (Wildman–Crippen MR) is 305 cm³/mol. The zero-order valence-electron chi connectivity index (χ0n) is 45.9. The number of guanidine groups is 2. The summed E-state index contributed by atoms with van der Waals surface area (Å²) in [6, 6.07) is 15.7. The number of nitrogens with two attached hydrogens (primary N) is 5. The molecule has 3 aromatic carbocycles. The molecule has 3 heterocycles. The van der Waals surface area contributed by atoms with Crippen LogP contribution in [0.5, 0.6) is 0 Å². The first-order chi connectivity index (χ1) is 39.3. The Bertz CT molecular complexity index is 2910. The van der Waals surface area contributed by atoms with Crippen molar-refractivity contribution in [2.75, 3.05) is 26.2 Å². The number of benzene rings is 3. The Kier molecular flexibility index (Phi) is 23.5. The normalized spacial score (nSPS) is 22.0. The van der Waals surface area contributed by atoms with E-state index in [1.807, 2.05) is 54.6 Å². The van der Waals surface area contributed by atoms with Crippen molar-refractivity contribution in [2.45, 2.75) is 133 Å². The van der Waals surface area contributed by atoms with Crippen molar-refractivity contribution in [2.24, 2.45) is 38.7 Å². The molecule has 440 valence electrons. The van der Waals surface area contributed by atoms with Crippen LogP contribution >= 0.6 is 0 Å². The highest BCUT2D eigenvalue weighted by Gasteiger charge is 2.44. The van der Waals surface area contributed by atoms with Crippen LogP contribution < -0.4 is 65.9 Å². The number of amides is 9. The van der Waals surface area contributed by atoms with Crippen molar-refractivity contribution in [3.05, 3.63) is 108 Å². The summed E-state index contributed by atoms with van der Waals surface area (Å²) in [7, 11) is 0. The summed E-state index contributed by atoms with van der Waals surface area (Å²) in [5.41, 5.74) is 30.9. The van der Waals surface area contributed by atoms with Crippen molar-refractivity contribution < 1.29 is 47.9 Å². The largest absolute Gasteiger partial charge is 0.372 e. The smallest absolute Gasteiger partial charge is 0.246 e. The van der Waals surface area contributed by atoms with Gasteiger partial charge >= 0.3 is 0 Å². The van der Waals surface area contributed by atoms with Crippen molar-refractivity contribution >= 4 is 76.0 Å². The maximum Gasteiger partial charge on any atom is 0.246 e. The molecule has 0 aliphatic carbocycles. The van der Waals surface area contributed by atoms with E-state index < -0.39 is 108 Å². The molecular weight excluding hydrogens is 1060 g/mol. The second-order valence-electron chi connectivity index (χ2n) is 20.3. The molecule has 6 rings (SSSR count). The van der Waals surface area contributed by atoms with Crippen molar-refractivity contribution in [3.63, 3.8) is 0 Å². The maximum absolute atomic E-state index is 15.2. The number of aliphatic imine (C=N–C) groups is 2. The van der Waals surface area contributed by atoms with Crippen LogP contribution in [0.1, 0.15) is 81.4 Å². The van der Waals surface area contributed by atoms with Crippen molar-refractivity contribution in [3.8, 4) is 0 Å². The van der Waals surface area contributed by atoms with Crippen molar-refractivity contribution in [1.29, 1.82) is 0 Å². The van der Waals surface area contributed by atoms with Gasteiger partial charge in [0, 0.05) is 69.5 Å². The maximum atomic E-state index is 15.2. The molecule has 8 atom stereocenters. The van der Waals surface area contributed by atoms with Gasteiger partial charge < -0.3 is 80.5 Å². The number of hydrogen-bond acceptors (Lipinski definition) is 12. The number of aromatic amines is 1. The van der Waals surface area contributed by atoms with E-state index in [-0.39, 0.29) is 109 Å². The van der Waals surface area contributed by atoms with Crippen molar-refractivity contribution in [1.82, 2.24) is 47.1 Å². The lowest BCUT2D eigenvalue weighted by molar-refractivity contribution is -0.143. The minimum absolute atomic E-state index is 0.0181. The van der Waals surface area contributed by atoms with Gasteiger partial charge in [0.15, 0.2) is 11.9 Å². The zero-order chi connectivity index (χ0) is 59.1. The fraction of sp³-hybridized carbons (Fsp3) is 0.446. The fourth-order valence-corrected chi connectivity index (χ4v) is 9.78. The number of para-hydroxylation sites is 1. The monoisotopic (exact) mass is 1130 g/mol. The molecule has 0 unspecified atom stereocenters. The Labute approximate surface area is 474 Å². The van der Waals surface area contributed by atoms with Crippen LogP contribution in [0.25, 0.3) is 10.9 Å². The Hall–Kier alpha value is -9.07. The highest BCUT2D eigenvalue weighted by Crippen LogP contribution is 2.25. The topological polar surface area (TPSA) is 421 Å². The summed E-state index contributed by atoms with van der Waals surface area (Å²) in [5.74, 6) is -7.32. The first-order valence-corrected chi connectivity index (χ1v) is 27.4. The number of nitrogens with one attached hydrogen (secondary N) is 8. The molecule has 0 saturated carbocycles. The molecule has 82 heavy (non-hydrogen) atoms. The third-order valence-corrected chi connectivity index (χ3v) is 13.9. The fourth-order valence-electron chi connectivity index (χ4n) is 9.78. The molecule has 26 nitrogen and oxygen atoms in total. The molecule has 0 spiro atoms. The molecule has 26 heteroatoms. The molecule has 0 bridgehead atoms. The number of nitrogens with zero attached hydrogens (tertiary/aromatic N) is 3. The standard InChI is InChI=1S/C56H76N16O10/c1-33(73)66-41(21-12-24-63-55(58)59)49(76)71-45-29-47(74)62-23-11-10-20-40(48(57)75)67-52(79)44(27-36-30-65-39-19-9-8-18-38(36)39)69-50(77)42(22-13-25-64-56(60)61)68-51(78)43(26-34-14-4-2-5-15-34)70-53(80)46-28-37(31-72(46)54(45)81)82-32-35-16-6-3-7-17-35/h2-9,14-19,30,37,40-46,65H,10-13,20-29,31-32H2,1H3,(H2,57,75)(H,62,74)(H,66,73)(H,67,79)(H,68,78)(H,69,77)(H,70,80)(H,71,76)(H4,58,59,63)(H4,60,61,64)/t37-,40+,41+,42+,43-,44+,45+,46+/m1/s1. The SMILES string of the molecule is CC(=O)N[C@@H](CCCN=C(N)N)C(=O)N[C@H]1CC(=O)NCCCC[C@@H](C(N)=O)NC(=O)[C@H](Cc2c[nH]c3ccccc23)NC(=O)[C@H](CCCN=C(N)N)NC(=O)[C@@H](Cc2ccccc2)NC(=O)[C@@H]2C[C@@H](OCc3ccccc3)CN2C1=O. The van der Waals surface area contributed by atoms with E-state index in [1.54, 1.807) is 36.5 Å². The Morgan fingerprint density at radius 2 is 1.33 bits per heavy atom. The Morgan fingerprint density at radius 3 is 2.01 bits per heavy atom. The van der Waals surface area contributed by atoms with Gasteiger partial charge in [-0.2, -0.15) is 0 Å². The molecule has 1 aromatic heterocycles. The van der Waals surface area contributed by atoms with E-state index in [0.717, 1.165) is 16.5 Å². The number of primary amides is 1. The summed E-state index contributed by atoms with van der Waals surface area (Å²) in [6.45, 7) is 1.30. The minimum atomic E-state index is -1.63. The molecule has 18 N–H and O–H groups in total. The van der Waals surface area contributed by atoms with Gasteiger partial charge in [-0.25, -0.2) is 0 Å². The summed E-state index contributed by atoms with van der Waals surface area (Å²) in [6.07, 6.45) is 0.923. The Morgan fingerprint density at radius 1 is 0.720 bits per heavy atom. The highest BCUT2D eigenvalue weighted by molar-refractivity contribution is 5.99. The average molecular weight is 1130 g/mol. The van der Waals surface area contributed by atoms with Crippen LogP contribution in [-0.4, -0.2) is 150 Å². The van der Waals surface area contributed by atoms with Gasteiger partial charge in [-0.3, -0.25) is 53.1 Å². The summed E-state index contributed by atoms with van der Waals surface area (Å²) >= 11 is 0. The van der Waals surface area contributed by atoms with Gasteiger partial charge in [0.05, 0.1) is 19.1 Å². The minimum Gasteiger partial charge on any atom is -0.372 e. The van der Waals surface area contributed by atoms with Gasteiger partial charge in [0.25, 0.3) is 0 Å². The number of carbonyl (C=O) groups excluding carboxylic acids is 9. The number of rotatable bonds is 19. The number of ether oxygens (including phenoxy) is 1. The highest BCUT2D eigenvalue weighted by atomic mass is 16.5. The molecule has 2 fully saturated rings. The second kappa shape index (κ2) is 31.1. The molecule has 9 amide bonds. The first-order valence-electron chi connectivity index (χ1n) is 27.4. The molecular formula is C56H76N16O10.